The molecule has 1 aromatic heterocycles. The van der Waals surface area contributed by atoms with Crippen molar-refractivity contribution < 1.29 is 9.59 Å². The minimum absolute atomic E-state index is 0.0524. The van der Waals surface area contributed by atoms with Gasteiger partial charge in [0, 0.05) is 24.7 Å². The summed E-state index contributed by atoms with van der Waals surface area (Å²) in [6, 6.07) is 17.0. The molecule has 0 saturated heterocycles. The molecule has 0 aliphatic heterocycles. The first kappa shape index (κ1) is 20.0. The molecule has 3 aromatic rings. The zero-order valence-electron chi connectivity index (χ0n) is 16.3. The first-order valence-electron chi connectivity index (χ1n) is 9.27. The normalized spacial score (nSPS) is 11.5. The smallest absolute Gasteiger partial charge is 0.273 e. The molecule has 0 aliphatic carbocycles. The van der Waals surface area contributed by atoms with Crippen LogP contribution < -0.4 is 16.4 Å². The third-order valence-corrected chi connectivity index (χ3v) is 4.60. The second-order valence-corrected chi connectivity index (χ2v) is 6.67. The van der Waals surface area contributed by atoms with Crippen molar-refractivity contribution >= 4 is 17.6 Å². The van der Waals surface area contributed by atoms with Gasteiger partial charge >= 0.3 is 0 Å². The Labute approximate surface area is 169 Å². The molecule has 1 heterocycles. The van der Waals surface area contributed by atoms with Crippen molar-refractivity contribution in [2.45, 2.75) is 12.8 Å². The monoisotopic (exact) mass is 389 g/mol. The third kappa shape index (κ3) is 4.76. The molecule has 2 aromatic carbocycles. The molecule has 0 fully saturated rings. The summed E-state index contributed by atoms with van der Waals surface area (Å²) in [5.41, 5.74) is 8.60. The van der Waals surface area contributed by atoms with Gasteiger partial charge in [0.05, 0.1) is 11.9 Å². The highest BCUT2D eigenvalue weighted by atomic mass is 16.2. The molecule has 0 saturated carbocycles. The second kappa shape index (κ2) is 8.97. The summed E-state index contributed by atoms with van der Waals surface area (Å²) < 4.78 is 0. The van der Waals surface area contributed by atoms with E-state index in [0.717, 1.165) is 0 Å². The summed E-state index contributed by atoms with van der Waals surface area (Å²) in [5, 5.41) is 5.45. The van der Waals surface area contributed by atoms with Crippen LogP contribution in [0.4, 0.5) is 5.82 Å². The number of hydrogen-bond donors (Lipinski definition) is 3. The lowest BCUT2D eigenvalue weighted by Gasteiger charge is -2.13. The average Bonchev–Trinajstić information content (AvgIpc) is 2.77. The molecule has 1 atom stereocenters. The van der Waals surface area contributed by atoms with Crippen molar-refractivity contribution in [3.05, 3.63) is 77.6 Å². The van der Waals surface area contributed by atoms with Crippen molar-refractivity contribution in [1.82, 2.24) is 20.6 Å². The lowest BCUT2D eigenvalue weighted by molar-refractivity contribution is 0.0946. The standard InChI is InChI=1S/C22H23N5O2/c1-14(15-7-4-3-5-8-15)12-26-21(28)17-10-6-9-16(11-17)18-13-25-20(23)19(27-18)22(29)24-2/h3-11,13-14H,12H2,1-2H3,(H2,23,25)(H,24,29)(H,26,28). The number of nitrogens with two attached hydrogens (primary N) is 1. The van der Waals surface area contributed by atoms with E-state index in [-0.39, 0.29) is 23.3 Å². The van der Waals surface area contributed by atoms with Crippen LogP contribution in [0, 0.1) is 0 Å². The number of nitrogens with one attached hydrogen (secondary N) is 2. The lowest BCUT2D eigenvalue weighted by atomic mass is 10.0. The van der Waals surface area contributed by atoms with Crippen molar-refractivity contribution in [1.29, 1.82) is 0 Å². The van der Waals surface area contributed by atoms with Crippen LogP contribution in [0.15, 0.2) is 60.8 Å². The molecule has 29 heavy (non-hydrogen) atoms. The van der Waals surface area contributed by atoms with Gasteiger partial charge in [0.15, 0.2) is 11.5 Å². The van der Waals surface area contributed by atoms with Gasteiger partial charge in [-0.3, -0.25) is 9.59 Å². The SMILES string of the molecule is CNC(=O)c1nc(-c2cccc(C(=O)NCC(C)c3ccccc3)c2)cnc1N. The van der Waals surface area contributed by atoms with E-state index >= 15 is 0 Å². The van der Waals surface area contributed by atoms with Gasteiger partial charge in [0.1, 0.15) is 0 Å². The molecule has 3 rings (SSSR count). The van der Waals surface area contributed by atoms with E-state index in [0.29, 0.717) is 23.4 Å². The van der Waals surface area contributed by atoms with Crippen molar-refractivity contribution in [3.8, 4) is 11.3 Å². The fourth-order valence-electron chi connectivity index (χ4n) is 2.89. The van der Waals surface area contributed by atoms with Crippen LogP contribution >= 0.6 is 0 Å². The van der Waals surface area contributed by atoms with Crippen LogP contribution in [-0.2, 0) is 0 Å². The fourth-order valence-corrected chi connectivity index (χ4v) is 2.89. The minimum atomic E-state index is -0.416. The number of hydrogen-bond acceptors (Lipinski definition) is 5. The predicted molar refractivity (Wildman–Crippen MR) is 112 cm³/mol. The molecule has 7 nitrogen and oxygen atoms in total. The van der Waals surface area contributed by atoms with Crippen LogP contribution in [0.25, 0.3) is 11.3 Å². The molecular weight excluding hydrogens is 366 g/mol. The Bertz CT molecular complexity index is 1020. The maximum atomic E-state index is 12.6. The highest BCUT2D eigenvalue weighted by Crippen LogP contribution is 2.20. The van der Waals surface area contributed by atoms with Gasteiger partial charge in [-0.25, -0.2) is 9.97 Å². The third-order valence-electron chi connectivity index (χ3n) is 4.60. The van der Waals surface area contributed by atoms with Crippen LogP contribution in [0.2, 0.25) is 0 Å². The van der Waals surface area contributed by atoms with Crippen LogP contribution in [0.3, 0.4) is 0 Å². The van der Waals surface area contributed by atoms with Gasteiger partial charge in [0.2, 0.25) is 0 Å². The van der Waals surface area contributed by atoms with Gasteiger partial charge in [-0.05, 0) is 23.6 Å². The van der Waals surface area contributed by atoms with Gasteiger partial charge in [0.25, 0.3) is 11.8 Å². The first-order chi connectivity index (χ1) is 14.0. The molecular formula is C22H23N5O2. The largest absolute Gasteiger partial charge is 0.382 e. The molecule has 0 radical (unpaired) electrons. The Hall–Kier alpha value is -3.74. The fraction of sp³-hybridized carbons (Fsp3) is 0.182. The predicted octanol–water partition coefficient (Wildman–Crippen LogP) is 2.62. The van der Waals surface area contributed by atoms with E-state index in [1.807, 2.05) is 30.3 Å². The molecule has 148 valence electrons. The summed E-state index contributed by atoms with van der Waals surface area (Å²) in [6.45, 7) is 2.59. The van der Waals surface area contributed by atoms with E-state index < -0.39 is 5.91 Å². The maximum Gasteiger partial charge on any atom is 0.273 e. The number of carbonyl (C=O) groups is 2. The Morgan fingerprint density at radius 1 is 1.07 bits per heavy atom. The molecule has 0 aliphatic rings. The second-order valence-electron chi connectivity index (χ2n) is 6.67. The van der Waals surface area contributed by atoms with Crippen LogP contribution in [0.1, 0.15) is 39.3 Å². The zero-order valence-corrected chi connectivity index (χ0v) is 16.3. The molecule has 1 unspecified atom stereocenters. The van der Waals surface area contributed by atoms with Crippen molar-refractivity contribution in [2.75, 3.05) is 19.3 Å². The number of anilines is 1. The topological polar surface area (TPSA) is 110 Å². The number of nitrogens with zero attached hydrogens (tertiary/aromatic N) is 2. The summed E-state index contributed by atoms with van der Waals surface area (Å²) in [6.07, 6.45) is 1.48. The molecule has 2 amide bonds. The molecule has 0 bridgehead atoms. The van der Waals surface area contributed by atoms with Gasteiger partial charge in [-0.1, -0.05) is 49.4 Å². The van der Waals surface area contributed by atoms with Gasteiger partial charge in [-0.2, -0.15) is 0 Å². The highest BCUT2D eigenvalue weighted by Gasteiger charge is 2.15. The summed E-state index contributed by atoms with van der Waals surface area (Å²) in [7, 11) is 1.50. The minimum Gasteiger partial charge on any atom is -0.382 e. The zero-order chi connectivity index (χ0) is 20.8. The van der Waals surface area contributed by atoms with E-state index in [1.54, 1.807) is 24.3 Å². The molecule has 7 heteroatoms. The number of aromatic nitrogens is 2. The summed E-state index contributed by atoms with van der Waals surface area (Å²) >= 11 is 0. The van der Waals surface area contributed by atoms with E-state index in [1.165, 1.54) is 18.8 Å². The Morgan fingerprint density at radius 2 is 1.83 bits per heavy atom. The van der Waals surface area contributed by atoms with Crippen LogP contribution in [-0.4, -0.2) is 35.4 Å². The van der Waals surface area contributed by atoms with Crippen molar-refractivity contribution in [3.63, 3.8) is 0 Å². The van der Waals surface area contributed by atoms with E-state index in [4.69, 9.17) is 5.73 Å². The molecule has 0 spiro atoms. The highest BCUT2D eigenvalue weighted by molar-refractivity contribution is 5.97. The Balaban J connectivity index is 1.75. The quantitative estimate of drug-likeness (QED) is 0.600. The number of benzene rings is 2. The Kier molecular flexibility index (Phi) is 6.19. The maximum absolute atomic E-state index is 12.6. The molecule has 4 N–H and O–H groups in total. The average molecular weight is 389 g/mol. The van der Waals surface area contributed by atoms with Crippen molar-refractivity contribution in [2.24, 2.45) is 0 Å². The number of nitrogen functional groups attached to an aromatic ring is 1. The summed E-state index contributed by atoms with van der Waals surface area (Å²) in [5.74, 6) is -0.344. The number of rotatable bonds is 6. The Morgan fingerprint density at radius 3 is 2.55 bits per heavy atom. The van der Waals surface area contributed by atoms with Gasteiger partial charge < -0.3 is 16.4 Å². The number of amides is 2. The number of carbonyl (C=O) groups excluding carboxylic acids is 2. The lowest BCUT2D eigenvalue weighted by Crippen LogP contribution is -2.27. The summed E-state index contributed by atoms with van der Waals surface area (Å²) in [4.78, 5) is 32.9. The van der Waals surface area contributed by atoms with E-state index in [9.17, 15) is 9.59 Å². The van der Waals surface area contributed by atoms with Crippen LogP contribution in [0.5, 0.6) is 0 Å². The first-order valence-corrected chi connectivity index (χ1v) is 9.27. The van der Waals surface area contributed by atoms with E-state index in [2.05, 4.69) is 27.5 Å². The van der Waals surface area contributed by atoms with Gasteiger partial charge in [-0.15, -0.1) is 0 Å².